The van der Waals surface area contributed by atoms with Gasteiger partial charge in [-0.2, -0.15) is 0 Å². The van der Waals surface area contributed by atoms with Gasteiger partial charge in [0.1, 0.15) is 5.75 Å². The Morgan fingerprint density at radius 3 is 2.16 bits per heavy atom. The molecule has 1 aliphatic rings. The third kappa shape index (κ3) is 5.11. The molecule has 1 fully saturated rings. The van der Waals surface area contributed by atoms with E-state index in [9.17, 15) is 9.59 Å². The van der Waals surface area contributed by atoms with E-state index in [0.29, 0.717) is 31.7 Å². The van der Waals surface area contributed by atoms with Gasteiger partial charge in [0, 0.05) is 37.8 Å². The van der Waals surface area contributed by atoms with Crippen molar-refractivity contribution in [3.8, 4) is 5.75 Å². The number of ether oxygens (including phenoxy) is 1. The van der Waals surface area contributed by atoms with Crippen LogP contribution in [0.25, 0.3) is 0 Å². The molecule has 0 saturated carbocycles. The van der Waals surface area contributed by atoms with Gasteiger partial charge in [-0.1, -0.05) is 0 Å². The zero-order valence-corrected chi connectivity index (χ0v) is 15.8. The molecule has 0 bridgehead atoms. The predicted molar refractivity (Wildman–Crippen MR) is 98.1 cm³/mol. The minimum atomic E-state index is -0.0619. The maximum absolute atomic E-state index is 12.7. The normalized spacial score (nSPS) is 14.8. The second-order valence-electron chi connectivity index (χ2n) is 7.03. The van der Waals surface area contributed by atoms with E-state index in [1.807, 2.05) is 52.8 Å². The summed E-state index contributed by atoms with van der Waals surface area (Å²) in [7, 11) is 0. The number of amides is 3. The van der Waals surface area contributed by atoms with Gasteiger partial charge in [0.05, 0.1) is 6.10 Å². The molecule has 0 radical (unpaired) electrons. The lowest BCUT2D eigenvalue weighted by atomic mass is 10.1. The zero-order valence-electron chi connectivity index (χ0n) is 15.8. The predicted octanol–water partition coefficient (Wildman–Crippen LogP) is 2.66. The SMILES string of the molecule is Cc1cc(C(=O)N2CCN(C(=O)NC(C)C)CC2)ccc1OC(C)C. The highest BCUT2D eigenvalue weighted by atomic mass is 16.5. The van der Waals surface area contributed by atoms with E-state index >= 15 is 0 Å². The Bertz CT molecular complexity index is 620. The van der Waals surface area contributed by atoms with E-state index in [1.165, 1.54) is 0 Å². The summed E-state index contributed by atoms with van der Waals surface area (Å²) in [6.07, 6.45) is 0.102. The highest BCUT2D eigenvalue weighted by Crippen LogP contribution is 2.21. The average Bonchev–Trinajstić information content (AvgIpc) is 2.55. The van der Waals surface area contributed by atoms with E-state index < -0.39 is 0 Å². The Morgan fingerprint density at radius 2 is 1.64 bits per heavy atom. The number of aryl methyl sites for hydroxylation is 1. The van der Waals surface area contributed by atoms with Crippen molar-refractivity contribution in [2.75, 3.05) is 26.2 Å². The number of nitrogens with zero attached hydrogens (tertiary/aromatic N) is 2. The van der Waals surface area contributed by atoms with Crippen molar-refractivity contribution < 1.29 is 14.3 Å². The summed E-state index contributed by atoms with van der Waals surface area (Å²) in [5, 5.41) is 2.89. The van der Waals surface area contributed by atoms with Gasteiger partial charge in [-0.25, -0.2) is 4.79 Å². The Morgan fingerprint density at radius 1 is 1.04 bits per heavy atom. The molecule has 0 aliphatic carbocycles. The molecule has 1 heterocycles. The third-order valence-corrected chi connectivity index (χ3v) is 4.05. The average molecular weight is 347 g/mol. The van der Waals surface area contributed by atoms with Gasteiger partial charge < -0.3 is 19.9 Å². The number of urea groups is 1. The first-order valence-corrected chi connectivity index (χ1v) is 8.90. The number of hydrogen-bond donors (Lipinski definition) is 1. The molecule has 0 aromatic heterocycles. The molecule has 6 nitrogen and oxygen atoms in total. The van der Waals surface area contributed by atoms with Crippen LogP contribution in [0.4, 0.5) is 4.79 Å². The van der Waals surface area contributed by atoms with Crippen LogP contribution in [0.5, 0.6) is 5.75 Å². The maximum Gasteiger partial charge on any atom is 0.317 e. The van der Waals surface area contributed by atoms with Gasteiger partial charge in [0.25, 0.3) is 5.91 Å². The second kappa shape index (κ2) is 8.23. The summed E-state index contributed by atoms with van der Waals surface area (Å²) < 4.78 is 5.72. The lowest BCUT2D eigenvalue weighted by Gasteiger charge is -2.35. The van der Waals surface area contributed by atoms with Crippen molar-refractivity contribution in [3.63, 3.8) is 0 Å². The molecule has 3 amide bonds. The minimum absolute atomic E-state index is 0.00288. The molecule has 1 aromatic carbocycles. The molecular formula is C19H29N3O3. The van der Waals surface area contributed by atoms with Gasteiger partial charge in [-0.05, 0) is 58.4 Å². The molecular weight excluding hydrogens is 318 g/mol. The summed E-state index contributed by atoms with van der Waals surface area (Å²) in [4.78, 5) is 28.3. The highest BCUT2D eigenvalue weighted by molar-refractivity contribution is 5.94. The maximum atomic E-state index is 12.7. The quantitative estimate of drug-likeness (QED) is 0.911. The molecule has 1 saturated heterocycles. The number of piperazine rings is 1. The molecule has 0 unspecified atom stereocenters. The molecule has 25 heavy (non-hydrogen) atoms. The lowest BCUT2D eigenvalue weighted by molar-refractivity contribution is 0.0664. The van der Waals surface area contributed by atoms with Gasteiger partial charge in [0.15, 0.2) is 0 Å². The molecule has 1 aliphatic heterocycles. The summed E-state index contributed by atoms with van der Waals surface area (Å²) >= 11 is 0. The summed E-state index contributed by atoms with van der Waals surface area (Å²) in [5.74, 6) is 0.810. The highest BCUT2D eigenvalue weighted by Gasteiger charge is 2.25. The van der Waals surface area contributed by atoms with Crippen molar-refractivity contribution >= 4 is 11.9 Å². The van der Waals surface area contributed by atoms with E-state index in [1.54, 1.807) is 9.80 Å². The summed E-state index contributed by atoms with van der Waals surface area (Å²) in [5.41, 5.74) is 1.61. The standard InChI is InChI=1S/C19H29N3O3/c1-13(2)20-19(24)22-10-8-21(9-11-22)18(23)16-6-7-17(15(5)12-16)25-14(3)4/h6-7,12-14H,8-11H2,1-5H3,(H,20,24). The van der Waals surface area contributed by atoms with Crippen LogP contribution in [-0.4, -0.2) is 60.1 Å². The van der Waals surface area contributed by atoms with E-state index in [-0.39, 0.29) is 24.1 Å². The van der Waals surface area contributed by atoms with Crippen LogP contribution in [-0.2, 0) is 0 Å². The number of hydrogen-bond acceptors (Lipinski definition) is 3. The fraction of sp³-hybridized carbons (Fsp3) is 0.579. The number of rotatable bonds is 4. The van der Waals surface area contributed by atoms with E-state index in [2.05, 4.69) is 5.32 Å². The van der Waals surface area contributed by atoms with Crippen LogP contribution in [0, 0.1) is 6.92 Å². The van der Waals surface area contributed by atoms with Crippen molar-refractivity contribution in [2.45, 2.75) is 46.8 Å². The molecule has 0 spiro atoms. The first-order valence-electron chi connectivity index (χ1n) is 8.90. The zero-order chi connectivity index (χ0) is 18.6. The Balaban J connectivity index is 1.96. The summed E-state index contributed by atoms with van der Waals surface area (Å²) in [6.45, 7) is 12.0. The van der Waals surface area contributed by atoms with Crippen LogP contribution in [0.15, 0.2) is 18.2 Å². The van der Waals surface area contributed by atoms with Crippen LogP contribution in [0.2, 0.25) is 0 Å². The van der Waals surface area contributed by atoms with Crippen LogP contribution in [0.1, 0.15) is 43.6 Å². The van der Waals surface area contributed by atoms with Gasteiger partial charge >= 0.3 is 6.03 Å². The molecule has 2 rings (SSSR count). The lowest BCUT2D eigenvalue weighted by Crippen LogP contribution is -2.54. The second-order valence-corrected chi connectivity index (χ2v) is 7.03. The Hall–Kier alpha value is -2.24. The monoisotopic (exact) mass is 347 g/mol. The third-order valence-electron chi connectivity index (χ3n) is 4.05. The van der Waals surface area contributed by atoms with Crippen molar-refractivity contribution in [2.24, 2.45) is 0 Å². The topological polar surface area (TPSA) is 61.9 Å². The van der Waals surface area contributed by atoms with Gasteiger partial charge in [-0.3, -0.25) is 4.79 Å². The van der Waals surface area contributed by atoms with Crippen molar-refractivity contribution in [1.82, 2.24) is 15.1 Å². The smallest absolute Gasteiger partial charge is 0.317 e. The van der Waals surface area contributed by atoms with Gasteiger partial charge in [0.2, 0.25) is 0 Å². The Labute approximate surface area is 150 Å². The van der Waals surface area contributed by atoms with E-state index in [0.717, 1.165) is 11.3 Å². The number of benzene rings is 1. The molecule has 0 atom stereocenters. The van der Waals surface area contributed by atoms with Crippen LogP contribution < -0.4 is 10.1 Å². The summed E-state index contributed by atoms with van der Waals surface area (Å²) in [6, 6.07) is 5.59. The Kier molecular flexibility index (Phi) is 6.28. The number of carbonyl (C=O) groups excluding carboxylic acids is 2. The fourth-order valence-electron chi connectivity index (χ4n) is 2.80. The van der Waals surface area contributed by atoms with Crippen molar-refractivity contribution in [1.29, 1.82) is 0 Å². The van der Waals surface area contributed by atoms with Crippen molar-refractivity contribution in [3.05, 3.63) is 29.3 Å². The molecule has 138 valence electrons. The molecule has 6 heteroatoms. The minimum Gasteiger partial charge on any atom is -0.491 e. The fourth-order valence-corrected chi connectivity index (χ4v) is 2.80. The van der Waals surface area contributed by atoms with Gasteiger partial charge in [-0.15, -0.1) is 0 Å². The molecule has 1 aromatic rings. The van der Waals surface area contributed by atoms with Crippen LogP contribution >= 0.6 is 0 Å². The molecule has 1 N–H and O–H groups in total. The number of carbonyl (C=O) groups is 2. The van der Waals surface area contributed by atoms with E-state index in [4.69, 9.17) is 4.74 Å². The first kappa shape index (κ1) is 19.1. The largest absolute Gasteiger partial charge is 0.491 e. The number of nitrogens with one attached hydrogen (secondary N) is 1. The van der Waals surface area contributed by atoms with Crippen LogP contribution in [0.3, 0.4) is 0 Å². The first-order chi connectivity index (χ1) is 11.8.